The molecule has 1 aromatic heterocycles. The fourth-order valence-corrected chi connectivity index (χ4v) is 5.12. The predicted octanol–water partition coefficient (Wildman–Crippen LogP) is 7.06. The molecule has 6 rings (SSSR count). The summed E-state index contributed by atoms with van der Waals surface area (Å²) in [4.78, 5) is 0. The summed E-state index contributed by atoms with van der Waals surface area (Å²) in [5, 5.41) is 4.21. The van der Waals surface area contributed by atoms with Crippen molar-refractivity contribution in [3.8, 4) is 17.0 Å². The summed E-state index contributed by atoms with van der Waals surface area (Å²) in [7, 11) is 0. The predicted molar refractivity (Wildman–Crippen MR) is 139 cm³/mol. The van der Waals surface area contributed by atoms with Gasteiger partial charge in [0.1, 0.15) is 17.7 Å². The number of rotatable bonds is 6. The molecule has 2 fully saturated rings. The van der Waals surface area contributed by atoms with Crippen molar-refractivity contribution < 1.29 is 13.9 Å². The fraction of sp³-hybridized carbons (Fsp3) is 0.310. The van der Waals surface area contributed by atoms with Crippen molar-refractivity contribution in [3.05, 3.63) is 72.5 Å². The van der Waals surface area contributed by atoms with E-state index in [9.17, 15) is 4.39 Å². The number of hydrogen-bond donors (Lipinski definition) is 2. The summed E-state index contributed by atoms with van der Waals surface area (Å²) in [6.07, 6.45) is 5.56. The minimum atomic E-state index is -0.273. The maximum Gasteiger partial charge on any atom is 0.146 e. The van der Waals surface area contributed by atoms with Crippen LogP contribution in [0.4, 0.5) is 21.5 Å². The highest BCUT2D eigenvalue weighted by molar-refractivity contribution is 6.01. The van der Waals surface area contributed by atoms with E-state index in [0.29, 0.717) is 11.7 Å². The number of nitrogens with zero attached hydrogens (tertiary/aromatic N) is 1. The van der Waals surface area contributed by atoms with Gasteiger partial charge in [-0.15, -0.1) is 0 Å². The fourth-order valence-electron chi connectivity index (χ4n) is 5.12. The van der Waals surface area contributed by atoms with Gasteiger partial charge in [0.05, 0.1) is 35.8 Å². The van der Waals surface area contributed by atoms with Crippen LogP contribution in [0.5, 0.6) is 5.75 Å². The number of para-hydroxylation sites is 1. The molecule has 0 spiro atoms. The number of benzene rings is 3. The molecule has 5 nitrogen and oxygen atoms in total. The van der Waals surface area contributed by atoms with E-state index in [1.165, 1.54) is 12.5 Å². The Morgan fingerprint density at radius 1 is 0.943 bits per heavy atom. The van der Waals surface area contributed by atoms with Gasteiger partial charge in [0.25, 0.3) is 0 Å². The number of ether oxygens (including phenoxy) is 2. The standard InChI is InChI=1S/C29H30FN3O2/c30-25-6-1-2-7-26(25)32-20-10-8-19(9-11-20)29-28(31)24-13-12-23(35-22-14-16-34-17-15-22)18-27(24)33(29)21-4-3-5-21/h1-2,6-13,18,21-22,32H,3-5,14-17,31H2. The van der Waals surface area contributed by atoms with Gasteiger partial charge in [-0.1, -0.05) is 24.3 Å². The first-order valence-electron chi connectivity index (χ1n) is 12.5. The van der Waals surface area contributed by atoms with E-state index in [1.54, 1.807) is 12.1 Å². The van der Waals surface area contributed by atoms with Crippen molar-refractivity contribution in [2.45, 2.75) is 44.2 Å². The highest BCUT2D eigenvalue weighted by Crippen LogP contribution is 2.45. The van der Waals surface area contributed by atoms with Crippen molar-refractivity contribution in [3.63, 3.8) is 0 Å². The van der Waals surface area contributed by atoms with Crippen LogP contribution in [0.2, 0.25) is 0 Å². The summed E-state index contributed by atoms with van der Waals surface area (Å²) in [6, 6.07) is 21.5. The second-order valence-corrected chi connectivity index (χ2v) is 9.51. The van der Waals surface area contributed by atoms with Crippen LogP contribution in [-0.4, -0.2) is 23.9 Å². The molecule has 4 aromatic rings. The first-order valence-corrected chi connectivity index (χ1v) is 12.5. The second kappa shape index (κ2) is 9.27. The van der Waals surface area contributed by atoms with Crippen molar-refractivity contribution in [2.75, 3.05) is 24.3 Å². The van der Waals surface area contributed by atoms with Crippen LogP contribution in [0, 0.1) is 5.82 Å². The molecule has 0 amide bonds. The minimum Gasteiger partial charge on any atom is -0.490 e. The van der Waals surface area contributed by atoms with Gasteiger partial charge in [0.15, 0.2) is 0 Å². The van der Waals surface area contributed by atoms with E-state index >= 15 is 0 Å². The van der Waals surface area contributed by atoms with Gasteiger partial charge in [-0.05, 0) is 55.7 Å². The lowest BCUT2D eigenvalue weighted by atomic mass is 9.92. The molecule has 1 saturated heterocycles. The molecule has 0 unspecified atom stereocenters. The largest absolute Gasteiger partial charge is 0.490 e. The Balaban J connectivity index is 1.35. The minimum absolute atomic E-state index is 0.194. The molecule has 0 atom stereocenters. The molecule has 1 aliphatic heterocycles. The van der Waals surface area contributed by atoms with Gasteiger partial charge in [-0.2, -0.15) is 0 Å². The van der Waals surface area contributed by atoms with Crippen LogP contribution in [0.1, 0.15) is 38.1 Å². The van der Waals surface area contributed by atoms with Crippen LogP contribution >= 0.6 is 0 Å². The number of aromatic nitrogens is 1. The molecular weight excluding hydrogens is 441 g/mol. The normalized spacial score (nSPS) is 16.8. The Morgan fingerprint density at radius 3 is 2.43 bits per heavy atom. The molecule has 0 bridgehead atoms. The van der Waals surface area contributed by atoms with Crippen LogP contribution in [0.15, 0.2) is 66.7 Å². The summed E-state index contributed by atoms with van der Waals surface area (Å²) >= 11 is 0. The number of halogens is 1. The average molecular weight is 472 g/mol. The van der Waals surface area contributed by atoms with Crippen molar-refractivity contribution >= 4 is 28.0 Å². The van der Waals surface area contributed by atoms with E-state index in [-0.39, 0.29) is 11.9 Å². The third-order valence-corrected chi connectivity index (χ3v) is 7.24. The Bertz CT molecular complexity index is 1340. The molecule has 1 saturated carbocycles. The average Bonchev–Trinajstić information content (AvgIpc) is 3.12. The molecule has 35 heavy (non-hydrogen) atoms. The lowest BCUT2D eigenvalue weighted by molar-refractivity contribution is 0.0256. The highest BCUT2D eigenvalue weighted by Gasteiger charge is 2.27. The molecule has 0 radical (unpaired) electrons. The van der Waals surface area contributed by atoms with Gasteiger partial charge in [-0.25, -0.2) is 4.39 Å². The third-order valence-electron chi connectivity index (χ3n) is 7.24. The lowest BCUT2D eigenvalue weighted by Gasteiger charge is -2.30. The molecule has 2 heterocycles. The molecule has 3 N–H and O–H groups in total. The maximum absolute atomic E-state index is 14.1. The molecule has 6 heteroatoms. The molecule has 180 valence electrons. The van der Waals surface area contributed by atoms with Gasteiger partial charge >= 0.3 is 0 Å². The topological polar surface area (TPSA) is 61.4 Å². The van der Waals surface area contributed by atoms with Crippen LogP contribution in [0.3, 0.4) is 0 Å². The van der Waals surface area contributed by atoms with Crippen molar-refractivity contribution in [2.24, 2.45) is 0 Å². The van der Waals surface area contributed by atoms with Gasteiger partial charge in [0.2, 0.25) is 0 Å². The van der Waals surface area contributed by atoms with E-state index in [0.717, 1.165) is 78.2 Å². The van der Waals surface area contributed by atoms with Gasteiger partial charge in [0, 0.05) is 41.6 Å². The zero-order valence-corrected chi connectivity index (χ0v) is 19.7. The molecule has 1 aliphatic carbocycles. The summed E-state index contributed by atoms with van der Waals surface area (Å²) in [5.74, 6) is 0.614. The number of nitrogens with two attached hydrogens (primary N) is 1. The Hall–Kier alpha value is -3.51. The van der Waals surface area contributed by atoms with E-state index in [1.807, 2.05) is 24.3 Å². The van der Waals surface area contributed by atoms with E-state index in [4.69, 9.17) is 15.2 Å². The molecular formula is C29H30FN3O2. The molecule has 2 aliphatic rings. The summed E-state index contributed by atoms with van der Waals surface area (Å²) in [5.41, 5.74) is 12.1. The zero-order chi connectivity index (χ0) is 23.8. The first-order chi connectivity index (χ1) is 17.2. The highest BCUT2D eigenvalue weighted by atomic mass is 19.1. The number of nitrogen functional groups attached to an aromatic ring is 1. The third kappa shape index (κ3) is 4.23. The van der Waals surface area contributed by atoms with Crippen molar-refractivity contribution in [1.82, 2.24) is 4.57 Å². The SMILES string of the molecule is Nc1c(-c2ccc(Nc3ccccc3F)cc2)n(C2CCC2)c2cc(OC3CCOCC3)ccc12. The number of anilines is 3. The van der Waals surface area contributed by atoms with Crippen molar-refractivity contribution in [1.29, 1.82) is 0 Å². The van der Waals surface area contributed by atoms with Gasteiger partial charge in [-0.3, -0.25) is 0 Å². The van der Waals surface area contributed by atoms with E-state index in [2.05, 4.69) is 34.1 Å². The smallest absolute Gasteiger partial charge is 0.146 e. The lowest BCUT2D eigenvalue weighted by Crippen LogP contribution is -2.25. The van der Waals surface area contributed by atoms with Crippen LogP contribution in [-0.2, 0) is 4.74 Å². The number of fused-ring (bicyclic) bond motifs is 1. The first kappa shape index (κ1) is 22.0. The zero-order valence-electron chi connectivity index (χ0n) is 19.7. The van der Waals surface area contributed by atoms with Crippen LogP contribution in [0.25, 0.3) is 22.2 Å². The quantitative estimate of drug-likeness (QED) is 0.316. The van der Waals surface area contributed by atoms with Crippen LogP contribution < -0.4 is 15.8 Å². The summed E-state index contributed by atoms with van der Waals surface area (Å²) < 4.78 is 28.3. The maximum atomic E-state index is 14.1. The number of nitrogens with one attached hydrogen (secondary N) is 1. The van der Waals surface area contributed by atoms with E-state index < -0.39 is 0 Å². The Morgan fingerprint density at radius 2 is 1.71 bits per heavy atom. The molecule has 3 aromatic carbocycles. The number of hydrogen-bond acceptors (Lipinski definition) is 4. The monoisotopic (exact) mass is 471 g/mol. The second-order valence-electron chi connectivity index (χ2n) is 9.51. The Labute approximate surface area is 204 Å². The van der Waals surface area contributed by atoms with Gasteiger partial charge < -0.3 is 25.1 Å². The Kier molecular flexibility index (Phi) is 5.82. The summed E-state index contributed by atoms with van der Waals surface area (Å²) in [6.45, 7) is 1.51.